The van der Waals surface area contributed by atoms with Crippen molar-refractivity contribution in [3.63, 3.8) is 0 Å². The molecule has 3 aliphatic heterocycles. The highest BCUT2D eigenvalue weighted by Crippen LogP contribution is 2.39. The van der Waals surface area contributed by atoms with Gasteiger partial charge in [-0.2, -0.15) is 18.3 Å². The zero-order valence-electron chi connectivity index (χ0n) is 25.7. The molecular formula is C34H35F3N4O5. The van der Waals surface area contributed by atoms with Gasteiger partial charge in [0, 0.05) is 38.2 Å². The number of hydrazone groups is 1. The summed E-state index contributed by atoms with van der Waals surface area (Å²) in [5.41, 5.74) is 3.88. The van der Waals surface area contributed by atoms with Gasteiger partial charge in [-0.25, -0.2) is 5.01 Å². The first-order chi connectivity index (χ1) is 22.1. The van der Waals surface area contributed by atoms with Crippen LogP contribution in [0.25, 0.3) is 0 Å². The fraction of sp³-hybridized carbons (Fsp3) is 0.382. The summed E-state index contributed by atoms with van der Waals surface area (Å²) in [6.07, 6.45) is -4.09. The molecule has 3 heterocycles. The summed E-state index contributed by atoms with van der Waals surface area (Å²) in [7, 11) is 0. The molecule has 6 rings (SSSR count). The molecule has 3 aromatic carbocycles. The van der Waals surface area contributed by atoms with E-state index in [0.29, 0.717) is 50.8 Å². The van der Waals surface area contributed by atoms with Crippen LogP contribution in [-0.4, -0.2) is 85.1 Å². The molecule has 46 heavy (non-hydrogen) atoms. The Balaban J connectivity index is 1.29. The zero-order chi connectivity index (χ0) is 32.4. The third-order valence-electron chi connectivity index (χ3n) is 8.65. The zero-order valence-corrected chi connectivity index (χ0v) is 25.7. The molecule has 0 saturated carbocycles. The van der Waals surface area contributed by atoms with Crippen LogP contribution < -0.4 is 9.47 Å². The standard InChI is InChI=1S/C34H35F3N4O5/c1-22-3-4-25(17-23(22)2)28-19-29(26-7-10-30-31(18-26)46-21-45-30)41(38-28)32(42)20-40(12-11-39-13-15-44-16-14-39)33(43)24-5-8-27(9-6-24)34(35,36)37/h3-10,17-18,29H,11-16,19-21H2,1-2H3/t29-/m0/s1. The summed E-state index contributed by atoms with van der Waals surface area (Å²) in [4.78, 5) is 31.4. The Labute approximate surface area is 265 Å². The summed E-state index contributed by atoms with van der Waals surface area (Å²) in [6.45, 7) is 7.00. The van der Waals surface area contributed by atoms with Crippen LogP contribution in [-0.2, 0) is 15.7 Å². The second-order valence-electron chi connectivity index (χ2n) is 11.7. The summed E-state index contributed by atoms with van der Waals surface area (Å²) in [6, 6.07) is 15.2. The van der Waals surface area contributed by atoms with Gasteiger partial charge in [-0.3, -0.25) is 14.5 Å². The van der Waals surface area contributed by atoms with E-state index in [4.69, 9.17) is 19.3 Å². The number of carbonyl (C=O) groups excluding carboxylic acids is 2. The topological polar surface area (TPSA) is 83.9 Å². The SMILES string of the molecule is Cc1ccc(C2=NN(C(=O)CN(CCN3CCOCC3)C(=O)c3ccc(C(F)(F)F)cc3)[C@H](c3ccc4c(c3)OCO4)C2)cc1C. The van der Waals surface area contributed by atoms with E-state index in [1.165, 1.54) is 9.91 Å². The van der Waals surface area contributed by atoms with Gasteiger partial charge < -0.3 is 19.1 Å². The lowest BCUT2D eigenvalue weighted by atomic mass is 9.96. The van der Waals surface area contributed by atoms with Crippen molar-refractivity contribution in [2.75, 3.05) is 52.7 Å². The lowest BCUT2D eigenvalue weighted by molar-refractivity contribution is -0.137. The number of nitrogens with zero attached hydrogens (tertiary/aromatic N) is 4. The molecule has 0 aliphatic carbocycles. The Bertz CT molecular complexity index is 1640. The Morgan fingerprint density at radius 3 is 2.39 bits per heavy atom. The number of aryl methyl sites for hydroxylation is 2. The highest BCUT2D eigenvalue weighted by molar-refractivity contribution is 6.04. The quantitative estimate of drug-likeness (QED) is 0.338. The molecule has 9 nitrogen and oxygen atoms in total. The number of carbonyl (C=O) groups is 2. The molecule has 242 valence electrons. The number of fused-ring (bicyclic) bond motifs is 1. The van der Waals surface area contributed by atoms with E-state index in [1.54, 1.807) is 6.07 Å². The van der Waals surface area contributed by atoms with Crippen molar-refractivity contribution in [1.82, 2.24) is 14.8 Å². The van der Waals surface area contributed by atoms with Crippen molar-refractivity contribution in [3.8, 4) is 11.5 Å². The number of rotatable bonds is 8. The van der Waals surface area contributed by atoms with Crippen LogP contribution in [0.1, 0.15) is 50.6 Å². The van der Waals surface area contributed by atoms with Crippen molar-refractivity contribution >= 4 is 17.5 Å². The summed E-state index contributed by atoms with van der Waals surface area (Å²) >= 11 is 0. The molecule has 0 radical (unpaired) electrons. The largest absolute Gasteiger partial charge is 0.454 e. The van der Waals surface area contributed by atoms with Crippen LogP contribution >= 0.6 is 0 Å². The molecule has 0 aromatic heterocycles. The first-order valence-electron chi connectivity index (χ1n) is 15.2. The van der Waals surface area contributed by atoms with Gasteiger partial charge in [0.1, 0.15) is 6.54 Å². The van der Waals surface area contributed by atoms with Crippen molar-refractivity contribution in [2.45, 2.75) is 32.5 Å². The Morgan fingerprint density at radius 2 is 1.67 bits per heavy atom. The van der Waals surface area contributed by atoms with Crippen molar-refractivity contribution in [1.29, 1.82) is 0 Å². The van der Waals surface area contributed by atoms with Crippen molar-refractivity contribution in [3.05, 3.63) is 94.0 Å². The summed E-state index contributed by atoms with van der Waals surface area (Å²) in [5.74, 6) is 0.247. The van der Waals surface area contributed by atoms with Gasteiger partial charge in [0.15, 0.2) is 11.5 Å². The van der Waals surface area contributed by atoms with Crippen molar-refractivity contribution < 1.29 is 37.0 Å². The molecule has 1 atom stereocenters. The molecular weight excluding hydrogens is 601 g/mol. The Morgan fingerprint density at radius 1 is 0.935 bits per heavy atom. The average Bonchev–Trinajstić information content (AvgIpc) is 3.72. The number of hydrogen-bond acceptors (Lipinski definition) is 7. The number of benzene rings is 3. The van der Waals surface area contributed by atoms with Gasteiger partial charge in [0.2, 0.25) is 6.79 Å². The Hall–Kier alpha value is -4.42. The number of morpholine rings is 1. The summed E-state index contributed by atoms with van der Waals surface area (Å²) < 4.78 is 56.1. The van der Waals surface area contributed by atoms with Gasteiger partial charge in [0.05, 0.1) is 30.5 Å². The minimum absolute atomic E-state index is 0.0656. The van der Waals surface area contributed by atoms with Gasteiger partial charge in [-0.15, -0.1) is 0 Å². The van der Waals surface area contributed by atoms with E-state index in [9.17, 15) is 22.8 Å². The minimum Gasteiger partial charge on any atom is -0.454 e. The lowest BCUT2D eigenvalue weighted by Gasteiger charge is -2.31. The van der Waals surface area contributed by atoms with Crippen LogP contribution in [0.4, 0.5) is 13.2 Å². The average molecular weight is 637 g/mol. The summed E-state index contributed by atoms with van der Waals surface area (Å²) in [5, 5.41) is 6.21. The predicted octanol–water partition coefficient (Wildman–Crippen LogP) is 5.20. The molecule has 12 heteroatoms. The number of halogens is 3. The highest BCUT2D eigenvalue weighted by atomic mass is 19.4. The molecule has 3 aromatic rings. The molecule has 2 amide bonds. The molecule has 1 fully saturated rings. The molecule has 0 unspecified atom stereocenters. The monoisotopic (exact) mass is 636 g/mol. The van der Waals surface area contributed by atoms with Gasteiger partial charge in [0.25, 0.3) is 11.8 Å². The number of amides is 2. The first-order valence-corrected chi connectivity index (χ1v) is 15.2. The second kappa shape index (κ2) is 13.1. The van der Waals surface area contributed by atoms with Crippen molar-refractivity contribution in [2.24, 2.45) is 5.10 Å². The third kappa shape index (κ3) is 6.87. The van der Waals surface area contributed by atoms with Crippen LogP contribution in [0.5, 0.6) is 11.5 Å². The lowest BCUT2D eigenvalue weighted by Crippen LogP contribution is -2.46. The number of ether oxygens (including phenoxy) is 3. The van der Waals surface area contributed by atoms with Gasteiger partial charge in [-0.1, -0.05) is 18.2 Å². The molecule has 1 saturated heterocycles. The van der Waals surface area contributed by atoms with Crippen LogP contribution in [0.3, 0.4) is 0 Å². The fourth-order valence-corrected chi connectivity index (χ4v) is 5.78. The fourth-order valence-electron chi connectivity index (χ4n) is 5.78. The molecule has 0 N–H and O–H groups in total. The Kier molecular flexibility index (Phi) is 9.01. The van der Waals surface area contributed by atoms with E-state index in [0.717, 1.165) is 52.2 Å². The van der Waals surface area contributed by atoms with E-state index in [-0.39, 0.29) is 25.4 Å². The minimum atomic E-state index is -4.53. The van der Waals surface area contributed by atoms with E-state index in [1.807, 2.05) is 44.2 Å². The number of hydrogen-bond donors (Lipinski definition) is 0. The molecule has 3 aliphatic rings. The van der Waals surface area contributed by atoms with Gasteiger partial charge in [-0.05, 0) is 78.6 Å². The maximum absolute atomic E-state index is 14.1. The van der Waals surface area contributed by atoms with E-state index in [2.05, 4.69) is 4.90 Å². The molecule has 0 spiro atoms. The molecule has 0 bridgehead atoms. The maximum Gasteiger partial charge on any atom is 0.416 e. The van der Waals surface area contributed by atoms with E-state index >= 15 is 0 Å². The van der Waals surface area contributed by atoms with Crippen LogP contribution in [0.15, 0.2) is 65.8 Å². The maximum atomic E-state index is 14.1. The highest BCUT2D eigenvalue weighted by Gasteiger charge is 2.36. The smallest absolute Gasteiger partial charge is 0.416 e. The van der Waals surface area contributed by atoms with Crippen LogP contribution in [0, 0.1) is 13.8 Å². The predicted molar refractivity (Wildman–Crippen MR) is 164 cm³/mol. The third-order valence-corrected chi connectivity index (χ3v) is 8.65. The number of alkyl halides is 3. The van der Waals surface area contributed by atoms with E-state index < -0.39 is 29.6 Å². The first kappa shape index (κ1) is 31.6. The van der Waals surface area contributed by atoms with Crippen LogP contribution in [0.2, 0.25) is 0 Å². The second-order valence-corrected chi connectivity index (χ2v) is 11.7. The van der Waals surface area contributed by atoms with Gasteiger partial charge >= 0.3 is 6.18 Å². The normalized spacial score (nSPS) is 18.1.